The van der Waals surface area contributed by atoms with Crippen LogP contribution in [0.2, 0.25) is 10.0 Å². The maximum Gasteiger partial charge on any atom is 0.310 e. The minimum atomic E-state index is -0.554. The zero-order chi connectivity index (χ0) is 19.4. The Labute approximate surface area is 165 Å². The highest BCUT2D eigenvalue weighted by molar-refractivity contribution is 6.37. The number of nitrogens with zero attached hydrogens (tertiary/aromatic N) is 1. The van der Waals surface area contributed by atoms with E-state index in [0.717, 1.165) is 0 Å². The number of ether oxygens (including phenoxy) is 3. The quantitative estimate of drug-likeness (QED) is 0.761. The van der Waals surface area contributed by atoms with E-state index in [2.05, 4.69) is 10.3 Å². The van der Waals surface area contributed by atoms with Gasteiger partial charge in [0.05, 0.1) is 16.5 Å². The molecule has 142 valence electrons. The van der Waals surface area contributed by atoms with Crippen LogP contribution in [-0.4, -0.2) is 36.7 Å². The van der Waals surface area contributed by atoms with Crippen LogP contribution in [0.5, 0.6) is 11.5 Å². The fourth-order valence-corrected chi connectivity index (χ4v) is 2.76. The number of halogens is 2. The lowest BCUT2D eigenvalue weighted by Crippen LogP contribution is -2.22. The molecular weight excluding hydrogens is 395 g/mol. The maximum absolute atomic E-state index is 12.0. The summed E-state index contributed by atoms with van der Waals surface area (Å²) in [5, 5.41) is 3.11. The van der Waals surface area contributed by atoms with Crippen molar-refractivity contribution in [2.24, 2.45) is 0 Å². The van der Waals surface area contributed by atoms with Crippen LogP contribution in [0.4, 0.5) is 5.82 Å². The van der Waals surface area contributed by atoms with Gasteiger partial charge < -0.3 is 19.5 Å². The van der Waals surface area contributed by atoms with Crippen molar-refractivity contribution in [2.45, 2.75) is 13.3 Å². The Morgan fingerprint density at radius 3 is 2.74 bits per heavy atom. The number of anilines is 1. The van der Waals surface area contributed by atoms with E-state index in [1.165, 1.54) is 6.20 Å². The first-order chi connectivity index (χ1) is 12.9. The molecule has 0 unspecified atom stereocenters. The summed E-state index contributed by atoms with van der Waals surface area (Å²) in [6.07, 6.45) is 1.38. The second-order valence-corrected chi connectivity index (χ2v) is 6.54. The van der Waals surface area contributed by atoms with Gasteiger partial charge in [-0.25, -0.2) is 4.98 Å². The fraction of sp³-hybridized carbons (Fsp3) is 0.278. The third-order valence-corrected chi connectivity index (χ3v) is 4.62. The highest BCUT2D eigenvalue weighted by Crippen LogP contribution is 2.31. The van der Waals surface area contributed by atoms with Gasteiger partial charge in [-0.05, 0) is 30.2 Å². The van der Waals surface area contributed by atoms with Gasteiger partial charge in [0.25, 0.3) is 5.91 Å². The van der Waals surface area contributed by atoms with Gasteiger partial charge in [-0.3, -0.25) is 9.59 Å². The SMILES string of the molecule is Cc1c(Cl)cnc(NC(=O)COC(=O)Cc2ccc3c(c2)OCCO3)c1Cl. The number of hydrogen-bond donors (Lipinski definition) is 1. The number of carbonyl (C=O) groups is 2. The van der Waals surface area contributed by atoms with E-state index in [-0.39, 0.29) is 17.3 Å². The number of fused-ring (bicyclic) bond motifs is 1. The summed E-state index contributed by atoms with van der Waals surface area (Å²) in [6.45, 7) is 2.20. The van der Waals surface area contributed by atoms with Crippen LogP contribution in [0.1, 0.15) is 11.1 Å². The Bertz CT molecular complexity index is 888. The number of amides is 1. The Hall–Kier alpha value is -2.51. The summed E-state index contributed by atoms with van der Waals surface area (Å²) in [5.74, 6) is 0.282. The standard InChI is InChI=1S/C18H16Cl2N2O5/c1-10-12(19)8-21-18(17(10)20)22-15(23)9-27-16(24)7-11-2-3-13-14(6-11)26-5-4-25-13/h2-3,6,8H,4-5,7,9H2,1H3,(H,21,22,23). The first-order valence-corrected chi connectivity index (χ1v) is 8.84. The first kappa shape index (κ1) is 19.3. The Morgan fingerprint density at radius 2 is 1.96 bits per heavy atom. The topological polar surface area (TPSA) is 86.8 Å². The zero-order valence-corrected chi connectivity index (χ0v) is 15.9. The highest BCUT2D eigenvalue weighted by Gasteiger charge is 2.16. The molecule has 1 aliphatic rings. The van der Waals surface area contributed by atoms with E-state index in [1.54, 1.807) is 25.1 Å². The number of nitrogens with one attached hydrogen (secondary N) is 1. The lowest BCUT2D eigenvalue weighted by molar-refractivity contribution is -0.146. The van der Waals surface area contributed by atoms with E-state index >= 15 is 0 Å². The largest absolute Gasteiger partial charge is 0.486 e. The predicted molar refractivity (Wildman–Crippen MR) is 99.7 cm³/mol. The molecule has 1 aromatic heterocycles. The average molecular weight is 411 g/mol. The molecule has 0 fully saturated rings. The maximum atomic E-state index is 12.0. The molecule has 2 heterocycles. The molecule has 0 aliphatic carbocycles. The van der Waals surface area contributed by atoms with Crippen LogP contribution < -0.4 is 14.8 Å². The minimum absolute atomic E-state index is 0.00296. The summed E-state index contributed by atoms with van der Waals surface area (Å²) < 4.78 is 15.9. The number of aromatic nitrogens is 1. The normalized spacial score (nSPS) is 12.4. The van der Waals surface area contributed by atoms with Crippen molar-refractivity contribution in [2.75, 3.05) is 25.1 Å². The van der Waals surface area contributed by atoms with Gasteiger partial charge in [0.15, 0.2) is 23.9 Å². The molecule has 1 aliphatic heterocycles. The van der Waals surface area contributed by atoms with Gasteiger partial charge in [0, 0.05) is 6.20 Å². The second kappa shape index (κ2) is 8.45. The molecule has 3 rings (SSSR count). The van der Waals surface area contributed by atoms with Crippen molar-refractivity contribution >= 4 is 40.9 Å². The van der Waals surface area contributed by atoms with Crippen molar-refractivity contribution in [3.8, 4) is 11.5 Å². The van der Waals surface area contributed by atoms with E-state index in [1.807, 2.05) is 0 Å². The lowest BCUT2D eigenvalue weighted by atomic mass is 10.1. The summed E-state index contributed by atoms with van der Waals surface area (Å²) in [4.78, 5) is 27.9. The third kappa shape index (κ3) is 4.81. The monoisotopic (exact) mass is 410 g/mol. The Balaban J connectivity index is 1.52. The number of hydrogen-bond acceptors (Lipinski definition) is 6. The van der Waals surface area contributed by atoms with Gasteiger partial charge in [0.1, 0.15) is 13.2 Å². The molecule has 0 saturated carbocycles. The van der Waals surface area contributed by atoms with Gasteiger partial charge in [-0.1, -0.05) is 29.3 Å². The summed E-state index contributed by atoms with van der Waals surface area (Å²) >= 11 is 12.0. The average Bonchev–Trinajstić information content (AvgIpc) is 2.67. The number of carbonyl (C=O) groups excluding carboxylic acids is 2. The van der Waals surface area contributed by atoms with Crippen molar-refractivity contribution in [3.63, 3.8) is 0 Å². The smallest absolute Gasteiger partial charge is 0.310 e. The number of pyridine rings is 1. The van der Waals surface area contributed by atoms with Crippen molar-refractivity contribution in [1.82, 2.24) is 4.98 Å². The van der Waals surface area contributed by atoms with Crippen LogP contribution in [0.25, 0.3) is 0 Å². The molecule has 7 nitrogen and oxygen atoms in total. The zero-order valence-electron chi connectivity index (χ0n) is 14.4. The molecule has 1 aromatic carbocycles. The molecule has 2 aromatic rings. The molecule has 9 heteroatoms. The minimum Gasteiger partial charge on any atom is -0.486 e. The van der Waals surface area contributed by atoms with Crippen LogP contribution >= 0.6 is 23.2 Å². The number of esters is 1. The highest BCUT2D eigenvalue weighted by atomic mass is 35.5. The molecule has 0 radical (unpaired) electrons. The third-order valence-electron chi connectivity index (χ3n) is 3.78. The van der Waals surface area contributed by atoms with Crippen molar-refractivity contribution < 1.29 is 23.8 Å². The molecule has 0 spiro atoms. The molecule has 27 heavy (non-hydrogen) atoms. The van der Waals surface area contributed by atoms with Crippen molar-refractivity contribution in [1.29, 1.82) is 0 Å². The van der Waals surface area contributed by atoms with Gasteiger partial charge in [-0.2, -0.15) is 0 Å². The van der Waals surface area contributed by atoms with Crippen molar-refractivity contribution in [3.05, 3.63) is 45.6 Å². The second-order valence-electron chi connectivity index (χ2n) is 5.76. The van der Waals surface area contributed by atoms with Crippen LogP contribution in [0, 0.1) is 6.92 Å². The van der Waals surface area contributed by atoms with E-state index in [4.69, 9.17) is 37.4 Å². The molecule has 0 bridgehead atoms. The number of benzene rings is 1. The molecule has 1 amide bonds. The lowest BCUT2D eigenvalue weighted by Gasteiger charge is -2.18. The number of rotatable bonds is 5. The van der Waals surface area contributed by atoms with Gasteiger partial charge >= 0.3 is 5.97 Å². The van der Waals surface area contributed by atoms with E-state index < -0.39 is 18.5 Å². The molecule has 0 atom stereocenters. The molecular formula is C18H16Cl2N2O5. The Kier molecular flexibility index (Phi) is 6.03. The predicted octanol–water partition coefficient (Wildman–Crippen LogP) is 3.19. The summed E-state index contributed by atoms with van der Waals surface area (Å²) in [5.41, 5.74) is 1.29. The van der Waals surface area contributed by atoms with Crippen LogP contribution in [-0.2, 0) is 20.7 Å². The van der Waals surface area contributed by atoms with Crippen LogP contribution in [0.3, 0.4) is 0 Å². The van der Waals surface area contributed by atoms with E-state index in [0.29, 0.717) is 40.9 Å². The van der Waals surface area contributed by atoms with Crippen LogP contribution in [0.15, 0.2) is 24.4 Å². The fourth-order valence-electron chi connectivity index (χ4n) is 2.37. The van der Waals surface area contributed by atoms with E-state index in [9.17, 15) is 9.59 Å². The first-order valence-electron chi connectivity index (χ1n) is 8.08. The van der Waals surface area contributed by atoms with Gasteiger partial charge in [0.2, 0.25) is 0 Å². The molecule has 0 saturated heterocycles. The summed E-state index contributed by atoms with van der Waals surface area (Å²) in [6, 6.07) is 5.20. The molecule has 1 N–H and O–H groups in total. The summed E-state index contributed by atoms with van der Waals surface area (Å²) in [7, 11) is 0. The van der Waals surface area contributed by atoms with Gasteiger partial charge in [-0.15, -0.1) is 0 Å². The Morgan fingerprint density at radius 1 is 1.22 bits per heavy atom.